The Kier molecular flexibility index (Phi) is 4.55. The van der Waals surface area contributed by atoms with E-state index in [1.807, 2.05) is 67.6 Å². The van der Waals surface area contributed by atoms with Crippen LogP contribution in [0.15, 0.2) is 71.4 Å². The number of oxime groups is 1. The van der Waals surface area contributed by atoms with Crippen LogP contribution < -0.4 is 0 Å². The predicted molar refractivity (Wildman–Crippen MR) is 93.7 cm³/mol. The van der Waals surface area contributed by atoms with E-state index < -0.39 is 0 Å². The van der Waals surface area contributed by atoms with Crippen LogP contribution in [-0.4, -0.2) is 43.1 Å². The number of hydrogen-bond donors (Lipinski definition) is 0. The topological polar surface area (TPSA) is 28.1 Å². The van der Waals surface area contributed by atoms with Gasteiger partial charge in [-0.05, 0) is 11.6 Å². The Labute approximate surface area is 137 Å². The maximum absolute atomic E-state index is 5.73. The van der Waals surface area contributed by atoms with Crippen molar-refractivity contribution in [1.29, 1.82) is 0 Å². The third kappa shape index (κ3) is 3.33. The van der Waals surface area contributed by atoms with Gasteiger partial charge in [0.1, 0.15) is 5.71 Å². The fraction of sp³-hybridized carbons (Fsp3) is 0.211. The summed E-state index contributed by atoms with van der Waals surface area (Å²) in [7, 11) is 5.97. The van der Waals surface area contributed by atoms with Crippen LogP contribution in [0, 0.1) is 0 Å². The first-order valence-electron chi connectivity index (χ1n) is 7.63. The highest BCUT2D eigenvalue weighted by atomic mass is 16.7. The molecular weight excluding hydrogens is 286 g/mol. The molecule has 4 nitrogen and oxygen atoms in total. The smallest absolute Gasteiger partial charge is 0.221 e. The molecule has 1 unspecified atom stereocenters. The van der Waals surface area contributed by atoms with Crippen molar-refractivity contribution in [2.24, 2.45) is 5.16 Å². The van der Waals surface area contributed by atoms with E-state index in [0.717, 1.165) is 22.4 Å². The molecule has 2 aromatic carbocycles. The van der Waals surface area contributed by atoms with E-state index in [0.29, 0.717) is 0 Å². The summed E-state index contributed by atoms with van der Waals surface area (Å²) in [6.45, 7) is 0. The van der Waals surface area contributed by atoms with Gasteiger partial charge in [-0.25, -0.2) is 10.0 Å². The monoisotopic (exact) mass is 307 g/mol. The first-order chi connectivity index (χ1) is 11.2. The molecule has 0 amide bonds. The van der Waals surface area contributed by atoms with E-state index in [9.17, 15) is 0 Å². The SMILES string of the molecule is CN(C)N(C)C1ON=C(c2ccccc2)/C1=C\c1ccccc1. The minimum absolute atomic E-state index is 0.236. The lowest BCUT2D eigenvalue weighted by atomic mass is 9.99. The third-order valence-corrected chi connectivity index (χ3v) is 3.92. The second kappa shape index (κ2) is 6.77. The summed E-state index contributed by atoms with van der Waals surface area (Å²) in [5, 5.41) is 8.36. The first kappa shape index (κ1) is 15.5. The molecule has 0 saturated carbocycles. The molecule has 2 aromatic rings. The van der Waals surface area contributed by atoms with E-state index in [2.05, 4.69) is 35.5 Å². The molecule has 0 aromatic heterocycles. The highest BCUT2D eigenvalue weighted by Crippen LogP contribution is 2.27. The standard InChI is InChI=1S/C19H21N3O/c1-21(2)22(3)19-17(14-15-10-6-4-7-11-15)18(20-23-19)16-12-8-5-9-13-16/h4-14,19H,1-3H3/b17-14+. The highest BCUT2D eigenvalue weighted by Gasteiger charge is 2.32. The molecule has 23 heavy (non-hydrogen) atoms. The Morgan fingerprint density at radius 1 is 0.913 bits per heavy atom. The quantitative estimate of drug-likeness (QED) is 0.812. The van der Waals surface area contributed by atoms with Crippen LogP contribution in [0.4, 0.5) is 0 Å². The van der Waals surface area contributed by atoms with Gasteiger partial charge < -0.3 is 4.84 Å². The van der Waals surface area contributed by atoms with Crippen molar-refractivity contribution < 1.29 is 4.84 Å². The van der Waals surface area contributed by atoms with Crippen LogP contribution >= 0.6 is 0 Å². The molecule has 0 radical (unpaired) electrons. The van der Waals surface area contributed by atoms with E-state index >= 15 is 0 Å². The average Bonchev–Trinajstić information content (AvgIpc) is 2.99. The molecule has 118 valence electrons. The lowest BCUT2D eigenvalue weighted by molar-refractivity contribution is -0.0996. The van der Waals surface area contributed by atoms with Crippen molar-refractivity contribution in [3.63, 3.8) is 0 Å². The van der Waals surface area contributed by atoms with Gasteiger partial charge in [0.2, 0.25) is 6.23 Å². The minimum Gasteiger partial charge on any atom is -0.369 e. The lowest BCUT2D eigenvalue weighted by Gasteiger charge is -2.29. The average molecular weight is 307 g/mol. The maximum atomic E-state index is 5.73. The van der Waals surface area contributed by atoms with Crippen molar-refractivity contribution in [3.8, 4) is 0 Å². The fourth-order valence-corrected chi connectivity index (χ4v) is 2.49. The molecular formula is C19H21N3O. The number of nitrogens with zero attached hydrogens (tertiary/aromatic N) is 3. The molecule has 4 heteroatoms. The Bertz CT molecular complexity index is 708. The van der Waals surface area contributed by atoms with Gasteiger partial charge in [0.15, 0.2) is 0 Å². The molecule has 0 saturated heterocycles. The van der Waals surface area contributed by atoms with Crippen molar-refractivity contribution in [3.05, 3.63) is 77.4 Å². The number of hydrazine groups is 1. The second-order valence-electron chi connectivity index (χ2n) is 5.69. The van der Waals surface area contributed by atoms with E-state index in [4.69, 9.17) is 4.84 Å². The van der Waals surface area contributed by atoms with Gasteiger partial charge in [-0.1, -0.05) is 65.8 Å². The number of benzene rings is 2. The van der Waals surface area contributed by atoms with Gasteiger partial charge >= 0.3 is 0 Å². The van der Waals surface area contributed by atoms with Crippen LogP contribution in [0.3, 0.4) is 0 Å². The van der Waals surface area contributed by atoms with Gasteiger partial charge in [-0.2, -0.15) is 0 Å². The fourth-order valence-electron chi connectivity index (χ4n) is 2.49. The summed E-state index contributed by atoms with van der Waals surface area (Å²) < 4.78 is 0. The zero-order valence-electron chi connectivity index (χ0n) is 13.7. The zero-order valence-corrected chi connectivity index (χ0v) is 13.7. The van der Waals surface area contributed by atoms with E-state index in [1.165, 1.54) is 0 Å². The molecule has 1 aliphatic heterocycles. The Morgan fingerprint density at radius 2 is 1.52 bits per heavy atom. The molecule has 0 fully saturated rings. The molecule has 0 spiro atoms. The van der Waals surface area contributed by atoms with Crippen molar-refractivity contribution >= 4 is 11.8 Å². The molecule has 1 atom stereocenters. The second-order valence-corrected chi connectivity index (χ2v) is 5.69. The number of likely N-dealkylation sites (N-methyl/N-ethyl adjacent to an activating group) is 1. The normalized spacial score (nSPS) is 19.3. The maximum Gasteiger partial charge on any atom is 0.221 e. The van der Waals surface area contributed by atoms with Gasteiger partial charge in [0.25, 0.3) is 0 Å². The van der Waals surface area contributed by atoms with Crippen LogP contribution in [-0.2, 0) is 4.84 Å². The molecule has 0 aliphatic carbocycles. The summed E-state index contributed by atoms with van der Waals surface area (Å²) in [6, 6.07) is 20.4. The zero-order chi connectivity index (χ0) is 16.2. The summed E-state index contributed by atoms with van der Waals surface area (Å²) in [6.07, 6.45) is 1.91. The predicted octanol–water partition coefficient (Wildman–Crippen LogP) is 3.24. The van der Waals surface area contributed by atoms with Crippen molar-refractivity contribution in [2.75, 3.05) is 21.1 Å². The molecule has 1 heterocycles. The summed E-state index contributed by atoms with van der Waals surface area (Å²) in [4.78, 5) is 5.73. The minimum atomic E-state index is -0.236. The number of rotatable bonds is 4. The first-order valence-corrected chi connectivity index (χ1v) is 7.63. The van der Waals surface area contributed by atoms with Gasteiger partial charge in [0.05, 0.1) is 0 Å². The molecule has 0 bridgehead atoms. The Hall–Kier alpha value is -2.43. The molecule has 0 N–H and O–H groups in total. The summed E-state index contributed by atoms with van der Waals surface area (Å²) >= 11 is 0. The molecule has 1 aliphatic rings. The van der Waals surface area contributed by atoms with Gasteiger partial charge in [-0.3, -0.25) is 0 Å². The molecule has 3 rings (SSSR count). The van der Waals surface area contributed by atoms with Crippen LogP contribution in [0.1, 0.15) is 11.1 Å². The van der Waals surface area contributed by atoms with Gasteiger partial charge in [0, 0.05) is 32.3 Å². The van der Waals surface area contributed by atoms with Crippen LogP contribution in [0.2, 0.25) is 0 Å². The van der Waals surface area contributed by atoms with Crippen molar-refractivity contribution in [2.45, 2.75) is 6.23 Å². The highest BCUT2D eigenvalue weighted by molar-refractivity contribution is 6.16. The summed E-state index contributed by atoms with van der Waals surface area (Å²) in [5.74, 6) is 0. The lowest BCUT2D eigenvalue weighted by Crippen LogP contribution is -2.42. The largest absolute Gasteiger partial charge is 0.369 e. The van der Waals surface area contributed by atoms with E-state index in [-0.39, 0.29) is 6.23 Å². The summed E-state index contributed by atoms with van der Waals surface area (Å²) in [5.41, 5.74) is 4.13. The van der Waals surface area contributed by atoms with Crippen molar-refractivity contribution in [1.82, 2.24) is 10.0 Å². The van der Waals surface area contributed by atoms with Crippen LogP contribution in [0.25, 0.3) is 6.08 Å². The van der Waals surface area contributed by atoms with Crippen LogP contribution in [0.5, 0.6) is 0 Å². The Morgan fingerprint density at radius 3 is 2.13 bits per heavy atom. The van der Waals surface area contributed by atoms with Gasteiger partial charge in [-0.15, -0.1) is 0 Å². The Balaban J connectivity index is 2.02. The number of hydrogen-bond acceptors (Lipinski definition) is 4. The van der Waals surface area contributed by atoms with E-state index in [1.54, 1.807) is 0 Å². The third-order valence-electron chi connectivity index (χ3n) is 3.92.